The van der Waals surface area contributed by atoms with Crippen LogP contribution in [-0.4, -0.2) is 91.3 Å². The van der Waals surface area contributed by atoms with Crippen molar-refractivity contribution in [3.05, 3.63) is 101 Å². The van der Waals surface area contributed by atoms with Gasteiger partial charge in [0.05, 0.1) is 31.4 Å². The summed E-state index contributed by atoms with van der Waals surface area (Å²) < 4.78 is 22.6. The summed E-state index contributed by atoms with van der Waals surface area (Å²) in [6, 6.07) is 23.7. The molecule has 2 aliphatic rings. The monoisotopic (exact) mass is 715 g/mol. The molecular formula is C41H53N3O8. The maximum absolute atomic E-state index is 14.3. The summed E-state index contributed by atoms with van der Waals surface area (Å²) >= 11 is 0. The molecule has 52 heavy (non-hydrogen) atoms. The normalized spacial score (nSPS) is 19.1. The van der Waals surface area contributed by atoms with Gasteiger partial charge in [0.15, 0.2) is 0 Å². The van der Waals surface area contributed by atoms with Crippen molar-refractivity contribution in [1.29, 1.82) is 0 Å². The van der Waals surface area contributed by atoms with Gasteiger partial charge in [0, 0.05) is 38.9 Å². The van der Waals surface area contributed by atoms with E-state index in [-0.39, 0.29) is 12.3 Å². The first kappa shape index (κ1) is 38.8. The van der Waals surface area contributed by atoms with Gasteiger partial charge in [-0.05, 0) is 74.4 Å². The molecule has 11 nitrogen and oxygen atoms in total. The smallest absolute Gasteiger partial charge is 0.407 e. The summed E-state index contributed by atoms with van der Waals surface area (Å²) in [6.45, 7) is 11.3. The molecule has 1 heterocycles. The van der Waals surface area contributed by atoms with Crippen LogP contribution in [0.5, 0.6) is 5.75 Å². The number of nitrogens with zero attached hydrogens (tertiary/aromatic N) is 1. The number of amides is 2. The van der Waals surface area contributed by atoms with Gasteiger partial charge in [-0.1, -0.05) is 66.7 Å². The molecule has 1 aliphatic heterocycles. The van der Waals surface area contributed by atoms with Crippen LogP contribution in [0.4, 0.5) is 4.79 Å². The van der Waals surface area contributed by atoms with E-state index in [0.29, 0.717) is 25.9 Å². The first-order valence-corrected chi connectivity index (χ1v) is 18.2. The van der Waals surface area contributed by atoms with Crippen molar-refractivity contribution >= 4 is 18.0 Å². The number of alkyl carbamates (subject to hydrolysis) is 1. The highest BCUT2D eigenvalue weighted by Crippen LogP contribution is 2.34. The number of carbonyl (C=O) groups excluding carboxylic acids is 3. The van der Waals surface area contributed by atoms with E-state index in [9.17, 15) is 19.5 Å². The largest absolute Gasteiger partial charge is 0.492 e. The molecule has 0 aromatic heterocycles. The zero-order chi connectivity index (χ0) is 37.1. The van der Waals surface area contributed by atoms with E-state index in [0.717, 1.165) is 60.9 Å². The Morgan fingerprint density at radius 1 is 0.923 bits per heavy atom. The molecule has 1 aliphatic carbocycles. The predicted molar refractivity (Wildman–Crippen MR) is 197 cm³/mol. The lowest BCUT2D eigenvalue weighted by atomic mass is 9.88. The van der Waals surface area contributed by atoms with Crippen molar-refractivity contribution < 1.29 is 38.4 Å². The molecule has 0 radical (unpaired) electrons. The Labute approximate surface area is 307 Å². The number of aliphatic hydroxyl groups is 1. The average Bonchev–Trinajstić information content (AvgIpc) is 3.44. The molecule has 2 amide bonds. The summed E-state index contributed by atoms with van der Waals surface area (Å²) in [7, 11) is 0. The zero-order valence-electron chi connectivity index (χ0n) is 30.7. The highest BCUT2D eigenvalue weighted by Gasteiger charge is 2.38. The molecule has 3 aromatic rings. The van der Waals surface area contributed by atoms with Crippen molar-refractivity contribution in [2.45, 2.75) is 83.3 Å². The molecule has 3 N–H and O–H groups in total. The SMILES string of the molecule is CC(=O)O[C@H]1Cc2ccccc2[C@@H]1NC(=O)C(Cc1ccc(OCCN2CCOCC2)cc1)CC(O)C(Cc1ccccc1)NC(=O)OC(C)(C)C. The third-order valence-corrected chi connectivity index (χ3v) is 9.35. The quantitative estimate of drug-likeness (QED) is 0.190. The minimum absolute atomic E-state index is 0.0452. The average molecular weight is 716 g/mol. The second kappa shape index (κ2) is 18.3. The second-order valence-corrected chi connectivity index (χ2v) is 14.6. The van der Waals surface area contributed by atoms with Gasteiger partial charge in [0.25, 0.3) is 0 Å². The fraction of sp³-hybridized carbons (Fsp3) is 0.488. The number of carbonyl (C=O) groups is 3. The van der Waals surface area contributed by atoms with Crippen LogP contribution < -0.4 is 15.4 Å². The minimum atomic E-state index is -1.11. The number of hydrogen-bond donors (Lipinski definition) is 3. The maximum Gasteiger partial charge on any atom is 0.407 e. The number of aliphatic hydroxyl groups excluding tert-OH is 1. The Bertz CT molecular complexity index is 1600. The fourth-order valence-corrected chi connectivity index (χ4v) is 6.80. The Morgan fingerprint density at radius 2 is 1.60 bits per heavy atom. The number of morpholine rings is 1. The Hall–Kier alpha value is -4.45. The molecule has 1 fully saturated rings. The van der Waals surface area contributed by atoms with Crippen LogP contribution in [0, 0.1) is 5.92 Å². The van der Waals surface area contributed by atoms with Crippen molar-refractivity contribution in [3.63, 3.8) is 0 Å². The van der Waals surface area contributed by atoms with Crippen molar-refractivity contribution in [2.24, 2.45) is 5.92 Å². The Balaban J connectivity index is 1.34. The standard InChI is InChI=1S/C41H53N3O8/c1-28(45)51-37-27-31-12-8-9-13-34(31)38(37)43-39(47)32(24-30-14-16-33(17-15-30)50-23-20-44-18-21-49-22-19-44)26-36(46)35(25-29-10-6-5-7-11-29)42-40(48)52-41(2,3)4/h5-17,32,35-38,46H,18-27H2,1-4H3,(H,42,48)(H,43,47)/t32?,35?,36?,37-,38-/m0/s1. The molecule has 1 saturated heterocycles. The van der Waals surface area contributed by atoms with E-state index < -0.39 is 47.9 Å². The van der Waals surface area contributed by atoms with Crippen LogP contribution in [0.3, 0.4) is 0 Å². The molecule has 5 rings (SSSR count). The molecule has 3 unspecified atom stereocenters. The first-order chi connectivity index (χ1) is 24.9. The Morgan fingerprint density at radius 3 is 2.29 bits per heavy atom. The molecule has 5 atom stereocenters. The van der Waals surface area contributed by atoms with Gasteiger partial charge in [-0.3, -0.25) is 14.5 Å². The van der Waals surface area contributed by atoms with E-state index in [4.69, 9.17) is 18.9 Å². The van der Waals surface area contributed by atoms with Crippen molar-refractivity contribution in [2.75, 3.05) is 39.5 Å². The molecule has 3 aromatic carbocycles. The second-order valence-electron chi connectivity index (χ2n) is 14.6. The highest BCUT2D eigenvalue weighted by molar-refractivity contribution is 5.80. The van der Waals surface area contributed by atoms with E-state index >= 15 is 0 Å². The number of benzene rings is 3. The van der Waals surface area contributed by atoms with Crippen LogP contribution in [0.1, 0.15) is 62.4 Å². The highest BCUT2D eigenvalue weighted by atomic mass is 16.6. The fourth-order valence-electron chi connectivity index (χ4n) is 6.80. The predicted octanol–water partition coefficient (Wildman–Crippen LogP) is 4.79. The number of hydrogen-bond acceptors (Lipinski definition) is 9. The van der Waals surface area contributed by atoms with Gasteiger partial charge < -0.3 is 34.7 Å². The van der Waals surface area contributed by atoms with Crippen molar-refractivity contribution in [3.8, 4) is 5.75 Å². The molecule has 280 valence electrons. The zero-order valence-corrected chi connectivity index (χ0v) is 30.7. The van der Waals surface area contributed by atoms with Crippen LogP contribution in [0.25, 0.3) is 0 Å². The first-order valence-electron chi connectivity index (χ1n) is 18.2. The van der Waals surface area contributed by atoms with Gasteiger partial charge in [-0.15, -0.1) is 0 Å². The van der Waals surface area contributed by atoms with E-state index in [2.05, 4.69) is 15.5 Å². The molecule has 0 bridgehead atoms. The lowest BCUT2D eigenvalue weighted by Crippen LogP contribution is -2.48. The number of fused-ring (bicyclic) bond motifs is 1. The molecule has 11 heteroatoms. The van der Waals surface area contributed by atoms with E-state index in [1.807, 2.05) is 78.9 Å². The molecule has 0 saturated carbocycles. The third kappa shape index (κ3) is 11.8. The van der Waals surface area contributed by atoms with Crippen LogP contribution in [0.15, 0.2) is 78.9 Å². The van der Waals surface area contributed by atoms with E-state index in [1.165, 1.54) is 6.92 Å². The Kier molecular flexibility index (Phi) is 13.7. The summed E-state index contributed by atoms with van der Waals surface area (Å²) in [5, 5.41) is 17.8. The number of rotatable bonds is 15. The summed E-state index contributed by atoms with van der Waals surface area (Å²) in [5.74, 6) is -0.686. The molecule has 0 spiro atoms. The van der Waals surface area contributed by atoms with Gasteiger partial charge in [-0.25, -0.2) is 4.79 Å². The number of ether oxygens (including phenoxy) is 4. The molecular weight excluding hydrogens is 662 g/mol. The third-order valence-electron chi connectivity index (χ3n) is 9.35. The lowest BCUT2D eigenvalue weighted by Gasteiger charge is -2.30. The maximum atomic E-state index is 14.3. The van der Waals surface area contributed by atoms with E-state index in [1.54, 1.807) is 20.8 Å². The van der Waals surface area contributed by atoms with Crippen LogP contribution in [0.2, 0.25) is 0 Å². The topological polar surface area (TPSA) is 136 Å². The van der Waals surface area contributed by atoms with Gasteiger partial charge in [-0.2, -0.15) is 0 Å². The number of esters is 1. The van der Waals surface area contributed by atoms with Gasteiger partial charge in [0.1, 0.15) is 24.1 Å². The van der Waals surface area contributed by atoms with Crippen LogP contribution in [-0.2, 0) is 43.1 Å². The van der Waals surface area contributed by atoms with Crippen molar-refractivity contribution in [1.82, 2.24) is 15.5 Å². The lowest BCUT2D eigenvalue weighted by molar-refractivity contribution is -0.148. The van der Waals surface area contributed by atoms with Crippen LogP contribution >= 0.6 is 0 Å². The minimum Gasteiger partial charge on any atom is -0.492 e. The summed E-state index contributed by atoms with van der Waals surface area (Å²) in [4.78, 5) is 41.6. The summed E-state index contributed by atoms with van der Waals surface area (Å²) in [5.41, 5.74) is 2.97. The van der Waals surface area contributed by atoms with Gasteiger partial charge >= 0.3 is 12.1 Å². The summed E-state index contributed by atoms with van der Waals surface area (Å²) in [6.07, 6.45) is -1.14. The van der Waals surface area contributed by atoms with Gasteiger partial charge in [0.2, 0.25) is 5.91 Å². The number of nitrogens with one attached hydrogen (secondary N) is 2.